The summed E-state index contributed by atoms with van der Waals surface area (Å²) in [5.41, 5.74) is 4.43. The molecule has 6 fully saturated rings. The van der Waals surface area contributed by atoms with Crippen molar-refractivity contribution in [2.45, 2.75) is 137 Å². The van der Waals surface area contributed by atoms with E-state index >= 15 is 0 Å². The van der Waals surface area contributed by atoms with Gasteiger partial charge >= 0.3 is 5.97 Å². The SMILES string of the molecule is C=C(C)[C@@H]1CC[C@]2(NCCN3CCS(=O)(=O)CC3)CC[C@]3(C)[C@H](CCC4[C@@]5(C)CC=C(C6CCC(C(=O)OCC)CC6)C(C)(C)C5CC[C@]43C)C12. The van der Waals surface area contributed by atoms with Gasteiger partial charge in [0, 0.05) is 31.7 Å². The molecule has 9 atom stereocenters. The first-order chi connectivity index (χ1) is 24.0. The maximum atomic E-state index is 12.5. The predicted molar refractivity (Wildman–Crippen MR) is 208 cm³/mol. The lowest BCUT2D eigenvalue weighted by atomic mass is 9.32. The van der Waals surface area contributed by atoms with Crippen LogP contribution in [0.25, 0.3) is 0 Å². The first-order valence-corrected chi connectivity index (χ1v) is 23.0. The number of carbonyl (C=O) groups excluding carboxylic acids is 1. The van der Waals surface area contributed by atoms with Crippen molar-refractivity contribution in [3.8, 4) is 0 Å². The van der Waals surface area contributed by atoms with E-state index in [1.54, 1.807) is 5.57 Å². The molecule has 288 valence electrons. The molecular weight excluding hydrogens is 653 g/mol. The molecule has 1 saturated heterocycles. The van der Waals surface area contributed by atoms with Crippen molar-refractivity contribution in [1.82, 2.24) is 10.2 Å². The van der Waals surface area contributed by atoms with Crippen LogP contribution in [0.2, 0.25) is 0 Å². The Balaban J connectivity index is 1.10. The lowest BCUT2D eigenvalue weighted by molar-refractivity contribution is -0.221. The second-order valence-corrected chi connectivity index (χ2v) is 22.5. The zero-order valence-electron chi connectivity index (χ0n) is 33.5. The van der Waals surface area contributed by atoms with Gasteiger partial charge in [0.1, 0.15) is 0 Å². The highest BCUT2D eigenvalue weighted by atomic mass is 32.2. The van der Waals surface area contributed by atoms with Crippen LogP contribution in [0.5, 0.6) is 0 Å². The number of nitrogens with zero attached hydrogens (tertiary/aromatic N) is 1. The van der Waals surface area contributed by atoms with Crippen LogP contribution >= 0.6 is 0 Å². The monoisotopic (exact) mass is 725 g/mol. The van der Waals surface area contributed by atoms with Gasteiger partial charge in [0.15, 0.2) is 9.84 Å². The molecule has 1 heterocycles. The quantitative estimate of drug-likeness (QED) is 0.200. The third kappa shape index (κ3) is 6.16. The Labute approximate surface area is 311 Å². The second-order valence-electron chi connectivity index (χ2n) is 20.1. The van der Waals surface area contributed by atoms with Gasteiger partial charge in [-0.2, -0.15) is 0 Å². The first kappa shape index (κ1) is 38.1. The number of esters is 1. The molecule has 0 aromatic carbocycles. The molecule has 6 aliphatic carbocycles. The largest absolute Gasteiger partial charge is 0.466 e. The highest BCUT2D eigenvalue weighted by Gasteiger charge is 2.70. The van der Waals surface area contributed by atoms with Crippen molar-refractivity contribution in [3.05, 3.63) is 23.8 Å². The fourth-order valence-electron chi connectivity index (χ4n) is 15.1. The minimum Gasteiger partial charge on any atom is -0.466 e. The van der Waals surface area contributed by atoms with Crippen molar-refractivity contribution in [3.63, 3.8) is 0 Å². The molecule has 0 spiro atoms. The van der Waals surface area contributed by atoms with E-state index in [1.165, 1.54) is 63.4 Å². The highest BCUT2D eigenvalue weighted by Crippen LogP contribution is 2.76. The third-order valence-electron chi connectivity index (χ3n) is 17.8. The van der Waals surface area contributed by atoms with E-state index in [1.807, 2.05) is 6.92 Å². The minimum absolute atomic E-state index is 0.0240. The number of rotatable bonds is 8. The van der Waals surface area contributed by atoms with E-state index in [-0.39, 0.29) is 22.8 Å². The number of hydrogen-bond acceptors (Lipinski definition) is 6. The lowest BCUT2D eigenvalue weighted by Gasteiger charge is -2.72. The van der Waals surface area contributed by atoms with Gasteiger partial charge in [-0.05, 0) is 154 Å². The van der Waals surface area contributed by atoms with Crippen LogP contribution in [0.3, 0.4) is 0 Å². The molecule has 51 heavy (non-hydrogen) atoms. The molecule has 7 heteroatoms. The number of allylic oxidation sites excluding steroid dienone is 3. The highest BCUT2D eigenvalue weighted by molar-refractivity contribution is 7.91. The van der Waals surface area contributed by atoms with E-state index in [0.717, 1.165) is 44.7 Å². The molecule has 1 N–H and O–H groups in total. The number of ether oxygens (including phenoxy) is 1. The summed E-state index contributed by atoms with van der Waals surface area (Å²) < 4.78 is 29.5. The van der Waals surface area contributed by atoms with Crippen LogP contribution < -0.4 is 5.32 Å². The predicted octanol–water partition coefficient (Wildman–Crippen LogP) is 8.62. The molecule has 7 aliphatic rings. The Bertz CT molecular complexity index is 1480. The normalized spacial score (nSPS) is 46.1. The number of fused-ring (bicyclic) bond motifs is 7. The Kier molecular flexibility index (Phi) is 10.1. The van der Waals surface area contributed by atoms with Crippen LogP contribution in [0, 0.1) is 63.1 Å². The summed E-state index contributed by atoms with van der Waals surface area (Å²) in [6.45, 7) is 26.0. The van der Waals surface area contributed by atoms with Gasteiger partial charge in [0.05, 0.1) is 24.0 Å². The Morgan fingerprint density at radius 1 is 0.902 bits per heavy atom. The van der Waals surface area contributed by atoms with E-state index in [0.29, 0.717) is 77.0 Å². The summed E-state index contributed by atoms with van der Waals surface area (Å²) in [7, 11) is -2.85. The Morgan fingerprint density at radius 3 is 2.27 bits per heavy atom. The fourth-order valence-corrected chi connectivity index (χ4v) is 16.4. The van der Waals surface area contributed by atoms with Gasteiger partial charge in [-0.1, -0.05) is 58.4 Å². The molecule has 0 amide bonds. The summed E-state index contributed by atoms with van der Waals surface area (Å²) in [4.78, 5) is 14.9. The zero-order valence-corrected chi connectivity index (χ0v) is 34.3. The summed E-state index contributed by atoms with van der Waals surface area (Å²) in [5.74, 6) is 4.73. The molecule has 5 saturated carbocycles. The number of hydrogen-bond donors (Lipinski definition) is 1. The maximum absolute atomic E-state index is 12.5. The molecule has 0 aromatic rings. The Hall–Kier alpha value is -1.18. The van der Waals surface area contributed by atoms with Crippen LogP contribution in [0.15, 0.2) is 23.8 Å². The van der Waals surface area contributed by atoms with Gasteiger partial charge in [0.2, 0.25) is 0 Å². The third-order valence-corrected chi connectivity index (χ3v) is 19.4. The molecule has 7 rings (SSSR count). The van der Waals surface area contributed by atoms with E-state index < -0.39 is 9.84 Å². The average Bonchev–Trinajstić information content (AvgIpc) is 3.46. The van der Waals surface area contributed by atoms with Gasteiger partial charge in [-0.3, -0.25) is 4.79 Å². The van der Waals surface area contributed by atoms with Crippen molar-refractivity contribution < 1.29 is 17.9 Å². The van der Waals surface area contributed by atoms with Crippen molar-refractivity contribution >= 4 is 15.8 Å². The van der Waals surface area contributed by atoms with E-state index in [9.17, 15) is 13.2 Å². The summed E-state index contributed by atoms with van der Waals surface area (Å²) in [6, 6.07) is 0. The molecule has 6 nitrogen and oxygen atoms in total. The van der Waals surface area contributed by atoms with Gasteiger partial charge < -0.3 is 15.0 Å². The summed E-state index contributed by atoms with van der Waals surface area (Å²) in [6.07, 6.45) is 18.6. The second kappa shape index (κ2) is 13.5. The molecule has 1 aliphatic heterocycles. The van der Waals surface area contributed by atoms with E-state index in [2.05, 4.69) is 64.4 Å². The average molecular weight is 725 g/mol. The molecular formula is C44H72N2O4S. The Morgan fingerprint density at radius 2 is 1.61 bits per heavy atom. The number of sulfone groups is 1. The van der Waals surface area contributed by atoms with Gasteiger partial charge in [-0.15, -0.1) is 0 Å². The number of carbonyl (C=O) groups is 1. The smallest absolute Gasteiger partial charge is 0.308 e. The summed E-state index contributed by atoms with van der Waals surface area (Å²) >= 11 is 0. The van der Waals surface area contributed by atoms with Crippen molar-refractivity contribution in [2.75, 3.05) is 44.3 Å². The van der Waals surface area contributed by atoms with Gasteiger partial charge in [0.25, 0.3) is 0 Å². The molecule has 0 bridgehead atoms. The standard InChI is InChI=1S/C44H72N2O4S/c1-9-50-39(47)32-12-10-31(11-13-32)34-17-19-41(6)36(40(34,4)5)18-20-43(8)37(41)15-14-35-38-33(30(2)3)16-21-44(38,23-22-42(35,43)7)45-24-25-46-26-28-51(48,49)29-27-46/h17,31-33,35-38,45H,2,9-16,18-29H2,1,3-8H3/t31?,32?,33-,35+,36?,37?,38?,41-,42+,43+,44-/m0/s1. The lowest BCUT2D eigenvalue weighted by Crippen LogP contribution is -2.68. The molecule has 3 unspecified atom stereocenters. The number of nitrogens with one attached hydrogen (secondary N) is 1. The van der Waals surface area contributed by atoms with Crippen LogP contribution in [-0.4, -0.2) is 69.1 Å². The minimum atomic E-state index is -2.85. The van der Waals surface area contributed by atoms with Gasteiger partial charge in [-0.25, -0.2) is 8.42 Å². The van der Waals surface area contributed by atoms with Crippen molar-refractivity contribution in [1.29, 1.82) is 0 Å². The first-order valence-electron chi connectivity index (χ1n) is 21.2. The van der Waals surface area contributed by atoms with E-state index in [4.69, 9.17) is 4.74 Å². The van der Waals surface area contributed by atoms with Crippen LogP contribution in [-0.2, 0) is 19.4 Å². The zero-order chi connectivity index (χ0) is 36.6. The maximum Gasteiger partial charge on any atom is 0.308 e. The van der Waals surface area contributed by atoms with Crippen LogP contribution in [0.4, 0.5) is 0 Å². The summed E-state index contributed by atoms with van der Waals surface area (Å²) in [5, 5.41) is 4.23. The fraction of sp³-hybridized carbons (Fsp3) is 0.886. The molecule has 0 aromatic heterocycles. The van der Waals surface area contributed by atoms with Crippen molar-refractivity contribution in [2.24, 2.45) is 63.1 Å². The van der Waals surface area contributed by atoms with Crippen LogP contribution in [0.1, 0.15) is 132 Å². The molecule has 0 radical (unpaired) electrons. The topological polar surface area (TPSA) is 75.7 Å².